The summed E-state index contributed by atoms with van der Waals surface area (Å²) in [6.45, 7) is 7.38. The van der Waals surface area contributed by atoms with Gasteiger partial charge < -0.3 is 24.4 Å². The van der Waals surface area contributed by atoms with Crippen molar-refractivity contribution in [3.05, 3.63) is 106 Å². The summed E-state index contributed by atoms with van der Waals surface area (Å²) in [7, 11) is 2.14. The number of aromatic nitrogens is 3. The molecule has 5 aromatic rings. The van der Waals surface area contributed by atoms with Crippen molar-refractivity contribution < 1.29 is 19.4 Å². The number of likely N-dealkylation sites (tertiary alicyclic amines) is 1. The zero-order valence-corrected chi connectivity index (χ0v) is 30.7. The lowest BCUT2D eigenvalue weighted by Gasteiger charge is -2.33. The number of rotatable bonds is 11. The minimum absolute atomic E-state index is 0.160. The molecule has 11 nitrogen and oxygen atoms in total. The van der Waals surface area contributed by atoms with Gasteiger partial charge in [0.2, 0.25) is 0 Å². The van der Waals surface area contributed by atoms with Gasteiger partial charge in [-0.1, -0.05) is 42.3 Å². The van der Waals surface area contributed by atoms with E-state index < -0.39 is 12.0 Å². The van der Waals surface area contributed by atoms with Crippen LogP contribution in [-0.2, 0) is 24.6 Å². The smallest absolute Gasteiger partial charge is 0.320 e. The van der Waals surface area contributed by atoms with Crippen LogP contribution in [0.25, 0.3) is 22.2 Å². The third-order valence-electron chi connectivity index (χ3n) is 10.2. The summed E-state index contributed by atoms with van der Waals surface area (Å²) in [6, 6.07) is 19.2. The molecule has 0 saturated carbocycles. The predicted molar refractivity (Wildman–Crippen MR) is 204 cm³/mol. The molecular formula is C41H42ClN7O4. The molecule has 12 heteroatoms. The van der Waals surface area contributed by atoms with Crippen molar-refractivity contribution in [1.82, 2.24) is 24.8 Å². The summed E-state index contributed by atoms with van der Waals surface area (Å²) in [5, 5.41) is 19.7. The van der Waals surface area contributed by atoms with Crippen LogP contribution < -0.4 is 14.4 Å². The highest BCUT2D eigenvalue weighted by molar-refractivity contribution is 6.32. The lowest BCUT2D eigenvalue weighted by atomic mass is 9.96. The number of carboxylic acids is 1. The summed E-state index contributed by atoms with van der Waals surface area (Å²) in [4.78, 5) is 32.5. The number of piperidine rings is 1. The first-order valence-corrected chi connectivity index (χ1v) is 18.3. The normalized spacial score (nSPS) is 16.7. The molecule has 0 spiro atoms. The number of nitrogens with zero attached hydrogens (tertiary/aromatic N) is 7. The number of pyridine rings is 1. The van der Waals surface area contributed by atoms with Gasteiger partial charge in [0.25, 0.3) is 0 Å². The van der Waals surface area contributed by atoms with E-state index in [1.54, 1.807) is 24.4 Å². The van der Waals surface area contributed by atoms with E-state index in [1.807, 2.05) is 29.3 Å². The Bertz CT molecular complexity index is 2170. The SMILES string of the molecule is Cc1c(COc2cc(OCc3cncc(C#N)c3)c(CN3CCCC[C@H]3C(=O)O)cc2Cl)cccc1-c1ccc2ncc(N3CCN(C)CC3)nc2c1. The van der Waals surface area contributed by atoms with E-state index in [9.17, 15) is 15.2 Å². The molecule has 1 atom stereocenters. The summed E-state index contributed by atoms with van der Waals surface area (Å²) in [5.74, 6) is 1.05. The molecule has 2 aliphatic heterocycles. The van der Waals surface area contributed by atoms with Gasteiger partial charge in [0.05, 0.1) is 27.8 Å². The lowest BCUT2D eigenvalue weighted by molar-refractivity contribution is -0.144. The molecule has 0 aliphatic carbocycles. The highest BCUT2D eigenvalue weighted by Crippen LogP contribution is 2.36. The summed E-state index contributed by atoms with van der Waals surface area (Å²) in [6.07, 6.45) is 7.42. The average Bonchev–Trinajstić information content (AvgIpc) is 3.17. The van der Waals surface area contributed by atoms with Gasteiger partial charge in [-0.25, -0.2) is 4.98 Å². The number of halogens is 1. The number of fused-ring (bicyclic) bond motifs is 1. The second-order valence-corrected chi connectivity index (χ2v) is 14.2. The molecule has 0 unspecified atom stereocenters. The van der Waals surface area contributed by atoms with Crippen molar-refractivity contribution in [2.24, 2.45) is 0 Å². The molecule has 0 radical (unpaired) electrons. The Labute approximate surface area is 314 Å². The molecule has 4 heterocycles. The number of hydrogen-bond acceptors (Lipinski definition) is 10. The monoisotopic (exact) mass is 731 g/mol. The molecule has 3 aromatic carbocycles. The number of carboxylic acid groups (broad SMARTS) is 1. The van der Waals surface area contributed by atoms with E-state index in [-0.39, 0.29) is 13.2 Å². The minimum Gasteiger partial charge on any atom is -0.488 e. The largest absolute Gasteiger partial charge is 0.488 e. The zero-order valence-electron chi connectivity index (χ0n) is 30.0. The first kappa shape index (κ1) is 36.1. The van der Waals surface area contributed by atoms with Gasteiger partial charge in [-0.3, -0.25) is 19.7 Å². The molecule has 53 heavy (non-hydrogen) atoms. The standard InChI is InChI=1S/C41H42ClN7O4/c1-27-31(6-5-7-33(27)30-9-10-35-36(18-30)46-40(23-45-35)48-14-12-47(2)13-15-48)26-53-39-19-38(52-25-29-16-28(20-43)21-44-22-29)32(17-34(39)42)24-49-11-4-3-8-37(49)41(50)51/h5-7,9-10,16-19,21-23,37H,3-4,8,11-15,24-26H2,1-2H3,(H,50,51)/t37-/m0/s1. The molecule has 0 bridgehead atoms. The van der Waals surface area contributed by atoms with E-state index >= 15 is 0 Å². The maximum atomic E-state index is 12.1. The quantitative estimate of drug-likeness (QED) is 0.153. The minimum atomic E-state index is -0.831. The van der Waals surface area contributed by atoms with E-state index in [2.05, 4.69) is 53.0 Å². The topological polar surface area (TPSA) is 128 Å². The van der Waals surface area contributed by atoms with Crippen molar-refractivity contribution in [3.8, 4) is 28.7 Å². The van der Waals surface area contributed by atoms with Gasteiger partial charge in [0, 0.05) is 62.3 Å². The first-order chi connectivity index (χ1) is 25.7. The van der Waals surface area contributed by atoms with Gasteiger partial charge in [0.1, 0.15) is 42.6 Å². The fraction of sp³-hybridized carbons (Fsp3) is 0.341. The Morgan fingerprint density at radius 2 is 1.77 bits per heavy atom. The van der Waals surface area contributed by atoms with Crippen molar-refractivity contribution in [2.45, 2.75) is 52.0 Å². The van der Waals surface area contributed by atoms with Crippen LogP contribution in [0.3, 0.4) is 0 Å². The van der Waals surface area contributed by atoms with E-state index in [0.717, 1.165) is 89.3 Å². The van der Waals surface area contributed by atoms with Crippen LogP contribution in [-0.4, -0.2) is 81.6 Å². The van der Waals surface area contributed by atoms with Gasteiger partial charge in [-0.05, 0) is 79.9 Å². The van der Waals surface area contributed by atoms with E-state index in [4.69, 9.17) is 31.0 Å². The fourth-order valence-electron chi connectivity index (χ4n) is 7.08. The second-order valence-electron chi connectivity index (χ2n) is 13.8. The Morgan fingerprint density at radius 1 is 0.943 bits per heavy atom. The average molecular weight is 732 g/mol. The Balaban J connectivity index is 1.13. The molecule has 7 rings (SSSR count). The highest BCUT2D eigenvalue weighted by Gasteiger charge is 2.29. The fourth-order valence-corrected chi connectivity index (χ4v) is 7.32. The maximum Gasteiger partial charge on any atom is 0.320 e. The van der Waals surface area contributed by atoms with Crippen molar-refractivity contribution >= 4 is 34.4 Å². The van der Waals surface area contributed by atoms with Gasteiger partial charge in [-0.2, -0.15) is 5.26 Å². The summed E-state index contributed by atoms with van der Waals surface area (Å²) >= 11 is 6.86. The molecule has 2 fully saturated rings. The molecule has 2 aliphatic rings. The maximum absolute atomic E-state index is 12.1. The van der Waals surface area contributed by atoms with Crippen LogP contribution in [0.2, 0.25) is 5.02 Å². The van der Waals surface area contributed by atoms with Crippen LogP contribution in [0.15, 0.2) is 73.2 Å². The van der Waals surface area contributed by atoms with Crippen LogP contribution in [0.5, 0.6) is 11.5 Å². The number of piperazine rings is 1. The predicted octanol–water partition coefficient (Wildman–Crippen LogP) is 6.87. The van der Waals surface area contributed by atoms with Crippen LogP contribution in [0.1, 0.15) is 47.1 Å². The third-order valence-corrected chi connectivity index (χ3v) is 10.5. The Hall–Kier alpha value is -5.28. The lowest BCUT2D eigenvalue weighted by Crippen LogP contribution is -2.44. The van der Waals surface area contributed by atoms with E-state index in [0.29, 0.717) is 41.6 Å². The van der Waals surface area contributed by atoms with E-state index in [1.165, 1.54) is 6.20 Å². The third kappa shape index (κ3) is 8.36. The number of ether oxygens (including phenoxy) is 2. The number of benzene rings is 3. The Morgan fingerprint density at radius 3 is 2.58 bits per heavy atom. The molecule has 2 saturated heterocycles. The number of nitriles is 1. The molecule has 0 amide bonds. The Kier molecular flexibility index (Phi) is 11.0. The summed E-state index contributed by atoms with van der Waals surface area (Å²) in [5.41, 5.74) is 7.84. The van der Waals surface area contributed by atoms with Crippen LogP contribution in [0.4, 0.5) is 5.82 Å². The highest BCUT2D eigenvalue weighted by atomic mass is 35.5. The molecule has 2 aromatic heterocycles. The van der Waals surface area contributed by atoms with Gasteiger partial charge in [0.15, 0.2) is 0 Å². The molecular weight excluding hydrogens is 690 g/mol. The summed E-state index contributed by atoms with van der Waals surface area (Å²) < 4.78 is 12.7. The molecule has 1 N–H and O–H groups in total. The van der Waals surface area contributed by atoms with Crippen molar-refractivity contribution in [1.29, 1.82) is 5.26 Å². The van der Waals surface area contributed by atoms with Gasteiger partial charge in [-0.15, -0.1) is 0 Å². The first-order valence-electron chi connectivity index (χ1n) is 17.9. The zero-order chi connectivity index (χ0) is 36.9. The van der Waals surface area contributed by atoms with Gasteiger partial charge >= 0.3 is 5.97 Å². The van der Waals surface area contributed by atoms with Crippen molar-refractivity contribution in [2.75, 3.05) is 44.7 Å². The number of hydrogen-bond donors (Lipinski definition) is 1. The molecule has 272 valence electrons. The van der Waals surface area contributed by atoms with Crippen LogP contribution >= 0.6 is 11.6 Å². The number of anilines is 1. The van der Waals surface area contributed by atoms with Crippen molar-refractivity contribution in [3.63, 3.8) is 0 Å². The van der Waals surface area contributed by atoms with Crippen LogP contribution in [0, 0.1) is 18.3 Å². The number of carbonyl (C=O) groups is 1. The second kappa shape index (κ2) is 16.2. The number of aliphatic carboxylic acids is 1. The number of likely N-dealkylation sites (N-methyl/N-ethyl adjacent to an activating group) is 1.